The van der Waals surface area contributed by atoms with Gasteiger partial charge < -0.3 is 10.0 Å². The largest absolute Gasteiger partial charge is 0.391 e. The fourth-order valence-corrected chi connectivity index (χ4v) is 4.00. The van der Waals surface area contributed by atoms with E-state index in [0.717, 1.165) is 30.0 Å². The molecule has 1 aromatic heterocycles. The molecule has 1 aliphatic heterocycles. The Labute approximate surface area is 115 Å². The fourth-order valence-electron chi connectivity index (χ4n) is 2.34. The number of piperidine rings is 1. The monoisotopic (exact) mass is 280 g/mol. The Kier molecular flexibility index (Phi) is 3.46. The third-order valence-corrected chi connectivity index (χ3v) is 5.11. The van der Waals surface area contributed by atoms with Gasteiger partial charge in [0.25, 0.3) is 0 Å². The molecule has 3 nitrogen and oxygen atoms in total. The summed E-state index contributed by atoms with van der Waals surface area (Å²) >= 11 is 3.46. The van der Waals surface area contributed by atoms with Crippen LogP contribution in [0.1, 0.15) is 12.8 Å². The molecule has 1 fully saturated rings. The number of rotatable bonds is 2. The normalized spacial score (nSPS) is 20.6. The molecule has 1 aliphatic rings. The van der Waals surface area contributed by atoms with Gasteiger partial charge >= 0.3 is 0 Å². The maximum Gasteiger partial charge on any atom is 0.186 e. The zero-order valence-electron chi connectivity index (χ0n) is 10.3. The zero-order valence-corrected chi connectivity index (χ0v) is 11.9. The van der Waals surface area contributed by atoms with E-state index >= 15 is 0 Å². The van der Waals surface area contributed by atoms with Crippen LogP contribution in [0.5, 0.6) is 0 Å². The smallest absolute Gasteiger partial charge is 0.186 e. The second-order valence-corrected chi connectivity index (χ2v) is 6.40. The zero-order chi connectivity index (χ0) is 12.5. The highest BCUT2D eigenvalue weighted by molar-refractivity contribution is 7.98. The van der Waals surface area contributed by atoms with Gasteiger partial charge in [-0.2, -0.15) is 0 Å². The maximum absolute atomic E-state index is 9.75. The lowest BCUT2D eigenvalue weighted by Crippen LogP contribution is -2.38. The Morgan fingerprint density at radius 3 is 3.17 bits per heavy atom. The van der Waals surface area contributed by atoms with Crippen LogP contribution in [0.15, 0.2) is 23.1 Å². The van der Waals surface area contributed by atoms with Crippen LogP contribution in [-0.2, 0) is 0 Å². The van der Waals surface area contributed by atoms with Gasteiger partial charge in [0.15, 0.2) is 5.13 Å². The molecular formula is C13H16N2OS2. The molecule has 2 aromatic rings. The molecule has 1 aromatic carbocycles. The van der Waals surface area contributed by atoms with E-state index in [4.69, 9.17) is 4.98 Å². The summed E-state index contributed by atoms with van der Waals surface area (Å²) in [6.07, 6.45) is 3.84. The van der Waals surface area contributed by atoms with E-state index in [9.17, 15) is 5.11 Å². The van der Waals surface area contributed by atoms with Crippen LogP contribution in [0.2, 0.25) is 0 Å². The number of nitrogens with zero attached hydrogens (tertiary/aromatic N) is 2. The molecule has 0 radical (unpaired) electrons. The first-order valence-electron chi connectivity index (χ1n) is 6.14. The predicted molar refractivity (Wildman–Crippen MR) is 78.9 cm³/mol. The first-order valence-corrected chi connectivity index (χ1v) is 8.18. The van der Waals surface area contributed by atoms with Gasteiger partial charge in [-0.05, 0) is 31.2 Å². The van der Waals surface area contributed by atoms with E-state index < -0.39 is 0 Å². The van der Waals surface area contributed by atoms with Gasteiger partial charge in [-0.15, -0.1) is 11.8 Å². The SMILES string of the molecule is CSc1cccc2sc(N3CCCC(O)C3)nc12. The number of anilines is 1. The van der Waals surface area contributed by atoms with Crippen LogP contribution in [0.25, 0.3) is 10.2 Å². The average molecular weight is 280 g/mol. The highest BCUT2D eigenvalue weighted by Gasteiger charge is 2.21. The number of thioether (sulfide) groups is 1. The van der Waals surface area contributed by atoms with Crippen LogP contribution in [0.4, 0.5) is 5.13 Å². The number of fused-ring (bicyclic) bond motifs is 1. The summed E-state index contributed by atoms with van der Waals surface area (Å²) in [5, 5.41) is 10.8. The quantitative estimate of drug-likeness (QED) is 0.858. The summed E-state index contributed by atoms with van der Waals surface area (Å²) in [6.45, 7) is 1.72. The second-order valence-electron chi connectivity index (χ2n) is 4.55. The van der Waals surface area contributed by atoms with Crippen molar-refractivity contribution in [2.45, 2.75) is 23.8 Å². The van der Waals surface area contributed by atoms with Crippen molar-refractivity contribution >= 4 is 38.4 Å². The molecule has 3 rings (SSSR count). The molecule has 5 heteroatoms. The third-order valence-electron chi connectivity index (χ3n) is 3.26. The number of aliphatic hydroxyl groups is 1. The number of aliphatic hydroxyl groups excluding tert-OH is 1. The number of β-amino-alcohol motifs (C(OH)–C–C–N with tert-alkyl or cyclic N) is 1. The minimum atomic E-state index is -0.203. The molecule has 0 spiro atoms. The lowest BCUT2D eigenvalue weighted by Gasteiger charge is -2.29. The molecular weight excluding hydrogens is 264 g/mol. The van der Waals surface area contributed by atoms with Crippen molar-refractivity contribution in [2.75, 3.05) is 24.2 Å². The molecule has 18 heavy (non-hydrogen) atoms. The van der Waals surface area contributed by atoms with Crippen molar-refractivity contribution in [2.24, 2.45) is 0 Å². The number of para-hydroxylation sites is 1. The van der Waals surface area contributed by atoms with E-state index in [1.165, 1.54) is 9.60 Å². The van der Waals surface area contributed by atoms with Crippen molar-refractivity contribution in [1.29, 1.82) is 0 Å². The van der Waals surface area contributed by atoms with Gasteiger partial charge in [-0.3, -0.25) is 0 Å². The van der Waals surface area contributed by atoms with Gasteiger partial charge in [0.05, 0.1) is 16.3 Å². The lowest BCUT2D eigenvalue weighted by molar-refractivity contribution is 0.154. The van der Waals surface area contributed by atoms with Crippen molar-refractivity contribution in [3.05, 3.63) is 18.2 Å². The van der Waals surface area contributed by atoms with Gasteiger partial charge in [0.1, 0.15) is 0 Å². The van der Waals surface area contributed by atoms with Crippen LogP contribution >= 0.6 is 23.1 Å². The Hall–Kier alpha value is -0.780. The van der Waals surface area contributed by atoms with Gasteiger partial charge in [0, 0.05) is 18.0 Å². The van der Waals surface area contributed by atoms with Gasteiger partial charge in [0.2, 0.25) is 0 Å². The summed E-state index contributed by atoms with van der Waals surface area (Å²) in [5.74, 6) is 0. The van der Waals surface area contributed by atoms with E-state index in [2.05, 4.69) is 29.4 Å². The Bertz CT molecular complexity index is 555. The van der Waals surface area contributed by atoms with Crippen LogP contribution in [0, 0.1) is 0 Å². The van der Waals surface area contributed by atoms with Crippen LogP contribution < -0.4 is 4.90 Å². The molecule has 1 saturated heterocycles. The van der Waals surface area contributed by atoms with Crippen molar-refractivity contribution < 1.29 is 5.11 Å². The van der Waals surface area contributed by atoms with E-state index in [1.54, 1.807) is 23.1 Å². The Balaban J connectivity index is 1.97. The van der Waals surface area contributed by atoms with E-state index in [-0.39, 0.29) is 6.10 Å². The highest BCUT2D eigenvalue weighted by Crippen LogP contribution is 2.34. The molecule has 2 heterocycles. The van der Waals surface area contributed by atoms with Crippen molar-refractivity contribution in [3.8, 4) is 0 Å². The topological polar surface area (TPSA) is 36.4 Å². The second kappa shape index (κ2) is 5.07. The lowest BCUT2D eigenvalue weighted by atomic mass is 10.1. The molecule has 1 atom stereocenters. The molecule has 0 amide bonds. The predicted octanol–water partition coefficient (Wildman–Crippen LogP) is 2.98. The molecule has 0 bridgehead atoms. The third kappa shape index (κ3) is 2.22. The molecule has 0 saturated carbocycles. The number of hydrogen-bond donors (Lipinski definition) is 1. The van der Waals surface area contributed by atoms with Crippen LogP contribution in [-0.4, -0.2) is 35.5 Å². The van der Waals surface area contributed by atoms with Gasteiger partial charge in [-0.25, -0.2) is 4.98 Å². The summed E-state index contributed by atoms with van der Waals surface area (Å²) in [6, 6.07) is 6.32. The first-order chi connectivity index (χ1) is 8.78. The first kappa shape index (κ1) is 12.3. The fraction of sp³-hybridized carbons (Fsp3) is 0.462. The Morgan fingerprint density at radius 1 is 1.50 bits per heavy atom. The van der Waals surface area contributed by atoms with Crippen molar-refractivity contribution in [3.63, 3.8) is 0 Å². The van der Waals surface area contributed by atoms with E-state index in [1.807, 2.05) is 0 Å². The average Bonchev–Trinajstić information content (AvgIpc) is 2.82. The number of thiazole rings is 1. The minimum absolute atomic E-state index is 0.203. The Morgan fingerprint density at radius 2 is 2.39 bits per heavy atom. The van der Waals surface area contributed by atoms with Crippen molar-refractivity contribution in [1.82, 2.24) is 4.98 Å². The standard InChI is InChI=1S/C13H16N2OS2/c1-17-10-5-2-6-11-12(10)14-13(18-11)15-7-3-4-9(16)8-15/h2,5-6,9,16H,3-4,7-8H2,1H3. The summed E-state index contributed by atoms with van der Waals surface area (Å²) in [7, 11) is 0. The number of hydrogen-bond acceptors (Lipinski definition) is 5. The highest BCUT2D eigenvalue weighted by atomic mass is 32.2. The van der Waals surface area contributed by atoms with Gasteiger partial charge in [-0.1, -0.05) is 17.4 Å². The summed E-state index contributed by atoms with van der Waals surface area (Å²) in [4.78, 5) is 8.19. The number of aromatic nitrogens is 1. The minimum Gasteiger partial charge on any atom is -0.391 e. The summed E-state index contributed by atoms with van der Waals surface area (Å²) < 4.78 is 1.23. The maximum atomic E-state index is 9.75. The molecule has 0 aliphatic carbocycles. The van der Waals surface area contributed by atoms with E-state index in [0.29, 0.717) is 6.54 Å². The molecule has 1 unspecified atom stereocenters. The summed E-state index contributed by atoms with van der Waals surface area (Å²) in [5.41, 5.74) is 1.10. The molecule has 96 valence electrons. The van der Waals surface area contributed by atoms with Crippen LogP contribution in [0.3, 0.4) is 0 Å². The number of benzene rings is 1. The molecule has 1 N–H and O–H groups in total.